The molecule has 2 aromatic heterocycles. The summed E-state index contributed by atoms with van der Waals surface area (Å²) in [6, 6.07) is 62.5. The molecule has 0 N–H and O–H groups in total. The number of benzene rings is 7. The predicted molar refractivity (Wildman–Crippen MR) is 217 cm³/mol. The topological polar surface area (TPSA) is 35.0 Å². The maximum absolute atomic E-state index is 6.72. The highest BCUT2D eigenvalue weighted by molar-refractivity contribution is 7.17. The van der Waals surface area contributed by atoms with Gasteiger partial charge in [0, 0.05) is 38.1 Å². The molecule has 0 amide bonds. The van der Waals surface area contributed by atoms with E-state index in [0.717, 1.165) is 56.3 Å². The number of nitrogens with zero attached hydrogens (tertiary/aromatic N) is 2. The summed E-state index contributed by atoms with van der Waals surface area (Å²) in [7, 11) is 0. The summed E-state index contributed by atoms with van der Waals surface area (Å²) in [5, 5.41) is 3.49. The average Bonchev–Trinajstić information content (AvgIpc) is 3.83. The first kappa shape index (κ1) is 30.0. The monoisotopic (exact) mass is 694 g/mol. The Morgan fingerprint density at radius 3 is 1.85 bits per heavy atom. The van der Waals surface area contributed by atoms with E-state index >= 15 is 0 Å². The fourth-order valence-electron chi connectivity index (χ4n) is 8.49. The molecule has 0 saturated heterocycles. The predicted octanol–water partition coefficient (Wildman–Crippen LogP) is 12.8. The van der Waals surface area contributed by atoms with Crippen LogP contribution in [0.15, 0.2) is 181 Å². The average molecular weight is 695 g/mol. The van der Waals surface area contributed by atoms with Gasteiger partial charge in [0.1, 0.15) is 11.5 Å². The highest BCUT2D eigenvalue weighted by Gasteiger charge is 2.51. The van der Waals surface area contributed by atoms with Crippen molar-refractivity contribution in [3.8, 4) is 67.7 Å². The summed E-state index contributed by atoms with van der Waals surface area (Å²) in [5.41, 5.74) is 14.2. The van der Waals surface area contributed by atoms with Crippen molar-refractivity contribution in [3.05, 3.63) is 204 Å². The Morgan fingerprint density at radius 1 is 0.434 bits per heavy atom. The quantitative estimate of drug-likeness (QED) is 0.184. The van der Waals surface area contributed by atoms with E-state index in [-0.39, 0.29) is 0 Å². The molecule has 3 heterocycles. The summed E-state index contributed by atoms with van der Waals surface area (Å²) in [4.78, 5) is 10.0. The molecule has 248 valence electrons. The maximum Gasteiger partial charge on any atom is 0.160 e. The molecule has 1 unspecified atom stereocenters. The van der Waals surface area contributed by atoms with Crippen LogP contribution in [0, 0.1) is 0 Å². The molecule has 1 aliphatic carbocycles. The van der Waals surface area contributed by atoms with Crippen molar-refractivity contribution in [1.29, 1.82) is 0 Å². The summed E-state index contributed by atoms with van der Waals surface area (Å²) in [5.74, 6) is 2.50. The molecule has 0 bridgehead atoms. The molecular formula is C49H30N2OS. The summed E-state index contributed by atoms with van der Waals surface area (Å²) < 4.78 is 8.05. The van der Waals surface area contributed by atoms with Crippen molar-refractivity contribution in [3.63, 3.8) is 0 Å². The van der Waals surface area contributed by atoms with Gasteiger partial charge < -0.3 is 4.74 Å². The number of thiophene rings is 1. The Kier molecular flexibility index (Phi) is 6.64. The van der Waals surface area contributed by atoms with Gasteiger partial charge in [0.15, 0.2) is 5.82 Å². The number of para-hydroxylation sites is 1. The van der Waals surface area contributed by atoms with Gasteiger partial charge in [-0.1, -0.05) is 146 Å². The summed E-state index contributed by atoms with van der Waals surface area (Å²) in [6.07, 6.45) is 0. The molecule has 0 saturated carbocycles. The smallest absolute Gasteiger partial charge is 0.160 e. The van der Waals surface area contributed by atoms with E-state index in [1.54, 1.807) is 0 Å². The van der Waals surface area contributed by atoms with Gasteiger partial charge in [-0.2, -0.15) is 0 Å². The van der Waals surface area contributed by atoms with Gasteiger partial charge in [-0.05, 0) is 68.9 Å². The fraction of sp³-hybridized carbons (Fsp3) is 0.0204. The van der Waals surface area contributed by atoms with E-state index in [9.17, 15) is 0 Å². The molecule has 4 heteroatoms. The van der Waals surface area contributed by atoms with Crippen molar-refractivity contribution in [1.82, 2.24) is 9.97 Å². The minimum Gasteiger partial charge on any atom is -0.457 e. The van der Waals surface area contributed by atoms with E-state index < -0.39 is 5.41 Å². The van der Waals surface area contributed by atoms with E-state index in [4.69, 9.17) is 14.7 Å². The summed E-state index contributed by atoms with van der Waals surface area (Å²) in [6.45, 7) is 0. The lowest BCUT2D eigenvalue weighted by atomic mass is 9.65. The van der Waals surface area contributed by atoms with Gasteiger partial charge >= 0.3 is 0 Å². The molecule has 3 nitrogen and oxygen atoms in total. The standard InChI is InChI=1S/C49H30N2OS/c1-3-11-32(12-4-1)42-30-43(51-48(50-42)35-13-5-2-6-14-35)33-21-19-31(20-22-33)36-24-26-45-41(29-36)49(39-17-9-10-18-44(39)52-45)38-16-8-7-15-37(38)46-40(49)25-23-34-27-28-53-47(34)46/h1-30H. The number of hydrogen-bond donors (Lipinski definition) is 0. The normalized spacial score (nSPS) is 15.0. The molecular weight excluding hydrogens is 665 g/mol. The minimum atomic E-state index is -0.521. The third-order valence-electron chi connectivity index (χ3n) is 10.9. The van der Waals surface area contributed by atoms with Gasteiger partial charge in [-0.3, -0.25) is 0 Å². The second kappa shape index (κ2) is 11.7. The number of hydrogen-bond acceptors (Lipinski definition) is 4. The van der Waals surface area contributed by atoms with Crippen molar-refractivity contribution < 1.29 is 4.74 Å². The zero-order valence-electron chi connectivity index (χ0n) is 28.5. The van der Waals surface area contributed by atoms with Gasteiger partial charge in [0.05, 0.1) is 16.8 Å². The third-order valence-corrected chi connectivity index (χ3v) is 11.8. The first-order valence-corrected chi connectivity index (χ1v) is 18.8. The molecule has 1 atom stereocenters. The molecule has 7 aromatic carbocycles. The van der Waals surface area contributed by atoms with Crippen LogP contribution in [-0.4, -0.2) is 9.97 Å². The van der Waals surface area contributed by atoms with Crippen LogP contribution < -0.4 is 4.74 Å². The number of fused-ring (bicyclic) bond motifs is 11. The van der Waals surface area contributed by atoms with E-state index in [2.05, 4.69) is 145 Å². The number of aromatic nitrogens is 2. The maximum atomic E-state index is 6.72. The Morgan fingerprint density at radius 2 is 1.06 bits per heavy atom. The Balaban J connectivity index is 1.07. The number of rotatable bonds is 4. The molecule has 53 heavy (non-hydrogen) atoms. The molecule has 1 aliphatic heterocycles. The molecule has 0 radical (unpaired) electrons. The number of ether oxygens (including phenoxy) is 1. The third kappa shape index (κ3) is 4.52. The lowest BCUT2D eigenvalue weighted by molar-refractivity contribution is 0.436. The van der Waals surface area contributed by atoms with Crippen LogP contribution in [0.3, 0.4) is 0 Å². The molecule has 2 aliphatic rings. The van der Waals surface area contributed by atoms with E-state index in [1.165, 1.54) is 37.9 Å². The first-order valence-electron chi connectivity index (χ1n) is 17.9. The largest absolute Gasteiger partial charge is 0.457 e. The lowest BCUT2D eigenvalue weighted by Crippen LogP contribution is -2.32. The molecule has 11 rings (SSSR count). The van der Waals surface area contributed by atoms with Gasteiger partial charge in [0.2, 0.25) is 0 Å². The highest BCUT2D eigenvalue weighted by atomic mass is 32.1. The SMILES string of the molecule is c1ccc(-c2cc(-c3ccc(-c4ccc5c(c4)C4(c6ccccc6O5)c5ccccc5-c5c4ccc4ccsc54)cc3)nc(-c3ccccc3)n2)cc1. The van der Waals surface area contributed by atoms with Crippen molar-refractivity contribution in [2.24, 2.45) is 0 Å². The Hall–Kier alpha value is -6.62. The van der Waals surface area contributed by atoms with Crippen molar-refractivity contribution in [2.75, 3.05) is 0 Å². The zero-order valence-corrected chi connectivity index (χ0v) is 29.3. The van der Waals surface area contributed by atoms with Crippen LogP contribution in [0.25, 0.3) is 66.2 Å². The minimum absolute atomic E-state index is 0.521. The second-order valence-corrected chi connectivity index (χ2v) is 14.6. The van der Waals surface area contributed by atoms with Gasteiger partial charge in [0.25, 0.3) is 0 Å². The van der Waals surface area contributed by atoms with Crippen LogP contribution >= 0.6 is 11.3 Å². The Bertz CT molecular complexity index is 2800. The first-order chi connectivity index (χ1) is 26.3. The lowest BCUT2D eigenvalue weighted by Gasteiger charge is -2.39. The van der Waals surface area contributed by atoms with Crippen LogP contribution in [0.5, 0.6) is 11.5 Å². The van der Waals surface area contributed by atoms with E-state index in [1.807, 2.05) is 47.7 Å². The summed E-state index contributed by atoms with van der Waals surface area (Å²) >= 11 is 1.82. The Labute approximate surface area is 311 Å². The van der Waals surface area contributed by atoms with Gasteiger partial charge in [-0.25, -0.2) is 9.97 Å². The van der Waals surface area contributed by atoms with Crippen molar-refractivity contribution >= 4 is 21.4 Å². The zero-order chi connectivity index (χ0) is 34.9. The van der Waals surface area contributed by atoms with Gasteiger partial charge in [-0.15, -0.1) is 11.3 Å². The van der Waals surface area contributed by atoms with Crippen LogP contribution in [0.2, 0.25) is 0 Å². The highest BCUT2D eigenvalue weighted by Crippen LogP contribution is 2.63. The molecule has 1 spiro atoms. The van der Waals surface area contributed by atoms with Crippen LogP contribution in [0.4, 0.5) is 0 Å². The van der Waals surface area contributed by atoms with Crippen molar-refractivity contribution in [2.45, 2.75) is 5.41 Å². The molecule has 9 aromatic rings. The van der Waals surface area contributed by atoms with E-state index in [0.29, 0.717) is 5.82 Å². The second-order valence-electron chi connectivity index (χ2n) is 13.7. The fourth-order valence-corrected chi connectivity index (χ4v) is 9.45. The molecule has 0 fully saturated rings. The van der Waals surface area contributed by atoms with Crippen LogP contribution in [0.1, 0.15) is 22.3 Å². The van der Waals surface area contributed by atoms with Crippen LogP contribution in [-0.2, 0) is 5.41 Å².